The predicted molar refractivity (Wildman–Crippen MR) is 105 cm³/mol. The summed E-state index contributed by atoms with van der Waals surface area (Å²) in [6.45, 7) is 0. The van der Waals surface area contributed by atoms with Crippen molar-refractivity contribution >= 4 is 27.5 Å². The van der Waals surface area contributed by atoms with E-state index in [-0.39, 0.29) is 5.82 Å². The van der Waals surface area contributed by atoms with Crippen LogP contribution >= 0.6 is 0 Å². The van der Waals surface area contributed by atoms with Crippen molar-refractivity contribution in [2.45, 2.75) is 0 Å². The van der Waals surface area contributed by atoms with E-state index in [0.29, 0.717) is 23.0 Å². The Morgan fingerprint density at radius 1 is 0.852 bits per heavy atom. The molecule has 8 nitrogen and oxygen atoms in total. The normalized spacial score (nSPS) is 11.2. The van der Waals surface area contributed by atoms with E-state index >= 15 is 0 Å². The third-order valence-electron chi connectivity index (χ3n) is 3.50. The van der Waals surface area contributed by atoms with Crippen LogP contribution in [0.5, 0.6) is 11.5 Å². The summed E-state index contributed by atoms with van der Waals surface area (Å²) in [5, 5.41) is 11.0. The predicted octanol–water partition coefficient (Wildman–Crippen LogP) is 3.23. The molecule has 2 aromatic carbocycles. The van der Waals surface area contributed by atoms with Crippen molar-refractivity contribution in [1.29, 1.82) is 0 Å². The van der Waals surface area contributed by atoms with Gasteiger partial charge in [-0.15, -0.1) is 10.2 Å². The first-order chi connectivity index (χ1) is 12.9. The molecule has 0 saturated carbocycles. The summed E-state index contributed by atoms with van der Waals surface area (Å²) >= 11 is 0. The third kappa shape index (κ3) is 4.93. The molecule has 2 N–H and O–H groups in total. The van der Waals surface area contributed by atoms with Crippen LogP contribution in [0.3, 0.4) is 0 Å². The monoisotopic (exact) mass is 385 g/mol. The molecule has 0 radical (unpaired) electrons. The molecule has 1 aromatic heterocycles. The highest BCUT2D eigenvalue weighted by Gasteiger charge is 2.14. The maximum atomic E-state index is 11.8. The Kier molecular flexibility index (Phi) is 5.53. The lowest BCUT2D eigenvalue weighted by atomic mass is 10.3. The number of hydrogen-bond donors (Lipinski definition) is 2. The zero-order valence-corrected chi connectivity index (χ0v) is 15.6. The number of ether oxygens (including phenoxy) is 1. The Balaban J connectivity index is 1.74. The van der Waals surface area contributed by atoms with Gasteiger partial charge in [0.15, 0.2) is 17.4 Å². The van der Waals surface area contributed by atoms with E-state index in [9.17, 15) is 8.42 Å². The second kappa shape index (κ2) is 8.02. The van der Waals surface area contributed by atoms with E-state index in [1.165, 1.54) is 20.2 Å². The first kappa shape index (κ1) is 18.6. The fraction of sp³-hybridized carbons (Fsp3) is 0.111. The molecule has 0 spiro atoms. The average molecular weight is 385 g/mol. The number of rotatable bonds is 7. The van der Waals surface area contributed by atoms with Crippen LogP contribution in [0.15, 0.2) is 66.7 Å². The zero-order valence-electron chi connectivity index (χ0n) is 14.8. The topological polar surface area (TPSA) is 96.5 Å². The van der Waals surface area contributed by atoms with E-state index in [0.717, 1.165) is 4.31 Å². The van der Waals surface area contributed by atoms with Crippen molar-refractivity contribution in [3.63, 3.8) is 0 Å². The summed E-state index contributed by atoms with van der Waals surface area (Å²) in [6.07, 6.45) is 0. The Morgan fingerprint density at radius 3 is 2.15 bits per heavy atom. The van der Waals surface area contributed by atoms with Crippen LogP contribution < -0.4 is 14.8 Å². The summed E-state index contributed by atoms with van der Waals surface area (Å²) in [5.74, 6) is 1.92. The molecule has 0 fully saturated rings. The van der Waals surface area contributed by atoms with Gasteiger partial charge in [0.2, 0.25) is 0 Å². The van der Waals surface area contributed by atoms with E-state index in [2.05, 4.69) is 20.2 Å². The van der Waals surface area contributed by atoms with Gasteiger partial charge in [-0.1, -0.05) is 30.3 Å². The standard InChI is InChI=1S/C18H19N5O3S/c1-23(2)27(24,25)22-18-13-12-17(20-21-18)19-15-10-6-7-11-16(15)26-14-8-4-3-5-9-14/h3-13H,1-2H3,(H,19,20)(H,21,22). The Bertz CT molecular complexity index is 993. The molecular formula is C18H19N5O3S. The highest BCUT2D eigenvalue weighted by atomic mass is 32.2. The van der Waals surface area contributed by atoms with Crippen LogP contribution in [0, 0.1) is 0 Å². The Hall–Kier alpha value is -3.17. The maximum absolute atomic E-state index is 11.8. The number of anilines is 3. The largest absolute Gasteiger partial charge is 0.455 e. The molecule has 9 heteroatoms. The molecule has 140 valence electrons. The minimum atomic E-state index is -3.62. The lowest BCUT2D eigenvalue weighted by molar-refractivity contribution is 0.485. The number of hydrogen-bond acceptors (Lipinski definition) is 6. The van der Waals surface area contributed by atoms with Gasteiger partial charge in [-0.3, -0.25) is 4.72 Å². The molecule has 27 heavy (non-hydrogen) atoms. The highest BCUT2D eigenvalue weighted by molar-refractivity contribution is 7.90. The van der Waals surface area contributed by atoms with Crippen LogP contribution in [0.4, 0.5) is 17.3 Å². The summed E-state index contributed by atoms with van der Waals surface area (Å²) in [6, 6.07) is 20.0. The molecule has 0 amide bonds. The van der Waals surface area contributed by atoms with Gasteiger partial charge in [0, 0.05) is 14.1 Å². The lowest BCUT2D eigenvalue weighted by Crippen LogP contribution is -2.29. The molecule has 3 rings (SSSR count). The molecule has 0 unspecified atom stereocenters. The van der Waals surface area contributed by atoms with Crippen molar-refractivity contribution in [2.24, 2.45) is 0 Å². The molecule has 0 aliphatic heterocycles. The van der Waals surface area contributed by atoms with Gasteiger partial charge < -0.3 is 10.1 Å². The summed E-state index contributed by atoms with van der Waals surface area (Å²) in [7, 11) is -0.772. The van der Waals surface area contributed by atoms with Crippen LogP contribution in [0.1, 0.15) is 0 Å². The van der Waals surface area contributed by atoms with Crippen LogP contribution in [0.25, 0.3) is 0 Å². The maximum Gasteiger partial charge on any atom is 0.302 e. The smallest absolute Gasteiger partial charge is 0.302 e. The van der Waals surface area contributed by atoms with Crippen LogP contribution in [0.2, 0.25) is 0 Å². The second-order valence-electron chi connectivity index (χ2n) is 5.73. The number of nitrogens with zero attached hydrogens (tertiary/aromatic N) is 3. The van der Waals surface area contributed by atoms with E-state index in [4.69, 9.17) is 4.74 Å². The van der Waals surface area contributed by atoms with Crippen LogP contribution in [-0.4, -0.2) is 37.0 Å². The first-order valence-corrected chi connectivity index (χ1v) is 9.51. The van der Waals surface area contributed by atoms with Gasteiger partial charge in [-0.2, -0.15) is 12.7 Å². The molecule has 0 aliphatic carbocycles. The number of aromatic nitrogens is 2. The molecule has 1 heterocycles. The van der Waals surface area contributed by atoms with Gasteiger partial charge >= 0.3 is 10.2 Å². The van der Waals surface area contributed by atoms with Gasteiger partial charge in [0.05, 0.1) is 5.69 Å². The fourth-order valence-corrected chi connectivity index (χ4v) is 2.64. The summed E-state index contributed by atoms with van der Waals surface area (Å²) < 4.78 is 32.9. The molecule has 0 bridgehead atoms. The van der Waals surface area contributed by atoms with Crippen molar-refractivity contribution in [1.82, 2.24) is 14.5 Å². The molecule has 0 saturated heterocycles. The Labute approximate surface area is 158 Å². The second-order valence-corrected chi connectivity index (χ2v) is 7.61. The zero-order chi connectivity index (χ0) is 19.3. The highest BCUT2D eigenvalue weighted by Crippen LogP contribution is 2.30. The van der Waals surface area contributed by atoms with E-state index in [1.807, 2.05) is 54.6 Å². The molecule has 0 aliphatic rings. The quantitative estimate of drug-likeness (QED) is 0.648. The molecular weight excluding hydrogens is 366 g/mol. The number of benzene rings is 2. The van der Waals surface area contributed by atoms with Crippen molar-refractivity contribution in [2.75, 3.05) is 24.1 Å². The van der Waals surface area contributed by atoms with Crippen molar-refractivity contribution in [3.8, 4) is 11.5 Å². The average Bonchev–Trinajstić information content (AvgIpc) is 2.65. The summed E-state index contributed by atoms with van der Waals surface area (Å²) in [4.78, 5) is 0. The number of nitrogens with one attached hydrogen (secondary N) is 2. The minimum absolute atomic E-state index is 0.128. The van der Waals surface area contributed by atoms with Crippen molar-refractivity contribution in [3.05, 3.63) is 66.7 Å². The van der Waals surface area contributed by atoms with Gasteiger partial charge in [-0.25, -0.2) is 0 Å². The van der Waals surface area contributed by atoms with Crippen molar-refractivity contribution < 1.29 is 13.2 Å². The van der Waals surface area contributed by atoms with Gasteiger partial charge in [0.25, 0.3) is 0 Å². The summed E-state index contributed by atoms with van der Waals surface area (Å²) in [5.41, 5.74) is 0.706. The number of para-hydroxylation sites is 3. The lowest BCUT2D eigenvalue weighted by Gasteiger charge is -2.13. The third-order valence-corrected chi connectivity index (χ3v) is 4.93. The molecule has 0 atom stereocenters. The molecule has 3 aromatic rings. The SMILES string of the molecule is CN(C)S(=O)(=O)Nc1ccc(Nc2ccccc2Oc2ccccc2)nn1. The first-order valence-electron chi connectivity index (χ1n) is 8.07. The minimum Gasteiger partial charge on any atom is -0.455 e. The Morgan fingerprint density at radius 2 is 1.48 bits per heavy atom. The van der Waals surface area contributed by atoms with Crippen LogP contribution in [-0.2, 0) is 10.2 Å². The van der Waals surface area contributed by atoms with Gasteiger partial charge in [-0.05, 0) is 36.4 Å². The van der Waals surface area contributed by atoms with E-state index in [1.54, 1.807) is 6.07 Å². The van der Waals surface area contributed by atoms with Gasteiger partial charge in [0.1, 0.15) is 5.75 Å². The van der Waals surface area contributed by atoms with E-state index < -0.39 is 10.2 Å². The fourth-order valence-electron chi connectivity index (χ4n) is 2.09.